The normalized spacial score (nSPS) is 18.0. The number of hydrogen-bond acceptors (Lipinski definition) is 5. The van der Waals surface area contributed by atoms with Crippen molar-refractivity contribution in [2.45, 2.75) is 12.5 Å². The third-order valence-corrected chi connectivity index (χ3v) is 4.32. The number of benzene rings is 1. The lowest BCUT2D eigenvalue weighted by Crippen LogP contribution is -2.39. The first kappa shape index (κ1) is 17.1. The van der Waals surface area contributed by atoms with Crippen LogP contribution in [0.4, 0.5) is 10.1 Å². The van der Waals surface area contributed by atoms with Gasteiger partial charge < -0.3 is 20.1 Å². The Morgan fingerprint density at radius 3 is 3.05 bits per heavy atom. The fraction of sp³-hybridized carbons (Fsp3) is 0.533. The van der Waals surface area contributed by atoms with Gasteiger partial charge in [-0.25, -0.2) is 4.39 Å². The third-order valence-electron chi connectivity index (χ3n) is 3.19. The standard InChI is InChI=1S/C15H21FN2O3S/c1-20-5-6-21-14-3-2-11(8-13(14)16)18-15(19)9-12-10-22-7-4-17-12/h2-3,8,12,17H,4-7,9-10H2,1H3,(H,18,19). The molecule has 0 aliphatic carbocycles. The van der Waals surface area contributed by atoms with Gasteiger partial charge in [0.25, 0.3) is 0 Å². The number of ether oxygens (including phenoxy) is 2. The summed E-state index contributed by atoms with van der Waals surface area (Å²) < 4.78 is 23.9. The average Bonchev–Trinajstić information content (AvgIpc) is 2.50. The summed E-state index contributed by atoms with van der Waals surface area (Å²) in [5.74, 6) is 1.54. The molecule has 0 spiro atoms. The van der Waals surface area contributed by atoms with Gasteiger partial charge in [0, 0.05) is 49.4 Å². The molecule has 0 aromatic heterocycles. The van der Waals surface area contributed by atoms with E-state index in [1.165, 1.54) is 12.1 Å². The van der Waals surface area contributed by atoms with Crippen molar-refractivity contribution in [3.63, 3.8) is 0 Å². The van der Waals surface area contributed by atoms with Gasteiger partial charge in [-0.05, 0) is 12.1 Å². The van der Waals surface area contributed by atoms with E-state index in [1.807, 2.05) is 11.8 Å². The predicted molar refractivity (Wildman–Crippen MR) is 86.1 cm³/mol. The number of hydrogen-bond donors (Lipinski definition) is 2. The number of anilines is 1. The molecule has 1 heterocycles. The van der Waals surface area contributed by atoms with Crippen LogP contribution in [0.2, 0.25) is 0 Å². The van der Waals surface area contributed by atoms with Crippen molar-refractivity contribution in [1.29, 1.82) is 0 Å². The number of carbonyl (C=O) groups is 1. The second kappa shape index (κ2) is 8.97. The summed E-state index contributed by atoms with van der Waals surface area (Å²) >= 11 is 1.84. The summed E-state index contributed by atoms with van der Waals surface area (Å²) in [7, 11) is 1.55. The van der Waals surface area contributed by atoms with Crippen molar-refractivity contribution < 1.29 is 18.7 Å². The molecule has 0 radical (unpaired) electrons. The van der Waals surface area contributed by atoms with Gasteiger partial charge in [0.2, 0.25) is 5.91 Å². The zero-order valence-electron chi connectivity index (χ0n) is 12.6. The smallest absolute Gasteiger partial charge is 0.225 e. The van der Waals surface area contributed by atoms with Crippen LogP contribution < -0.4 is 15.4 Å². The van der Waals surface area contributed by atoms with Gasteiger partial charge in [0.05, 0.1) is 6.61 Å². The van der Waals surface area contributed by atoms with Crippen LogP contribution in [0.25, 0.3) is 0 Å². The molecule has 22 heavy (non-hydrogen) atoms. The summed E-state index contributed by atoms with van der Waals surface area (Å²) in [6.07, 6.45) is 0.390. The van der Waals surface area contributed by atoms with E-state index in [9.17, 15) is 9.18 Å². The van der Waals surface area contributed by atoms with Gasteiger partial charge >= 0.3 is 0 Å². The quantitative estimate of drug-likeness (QED) is 0.749. The molecule has 1 amide bonds. The topological polar surface area (TPSA) is 59.6 Å². The molecule has 1 aliphatic rings. The van der Waals surface area contributed by atoms with Crippen LogP contribution in [0.1, 0.15) is 6.42 Å². The minimum Gasteiger partial charge on any atom is -0.488 e. The fourth-order valence-electron chi connectivity index (χ4n) is 2.12. The lowest BCUT2D eigenvalue weighted by Gasteiger charge is -2.22. The number of halogens is 1. The van der Waals surface area contributed by atoms with E-state index >= 15 is 0 Å². The minimum atomic E-state index is -0.500. The van der Waals surface area contributed by atoms with Crippen LogP contribution in [0.5, 0.6) is 5.75 Å². The maximum Gasteiger partial charge on any atom is 0.225 e. The maximum absolute atomic E-state index is 13.9. The number of amides is 1. The van der Waals surface area contributed by atoms with Crippen molar-refractivity contribution in [3.05, 3.63) is 24.0 Å². The Hall–Kier alpha value is -1.31. The summed E-state index contributed by atoms with van der Waals surface area (Å²) in [6, 6.07) is 4.59. The van der Waals surface area contributed by atoms with Crippen LogP contribution >= 0.6 is 11.8 Å². The molecule has 5 nitrogen and oxygen atoms in total. The summed E-state index contributed by atoms with van der Waals surface area (Å²) in [5, 5.41) is 6.01. The third kappa shape index (κ3) is 5.47. The molecule has 1 fully saturated rings. The monoisotopic (exact) mass is 328 g/mol. The molecule has 122 valence electrons. The van der Waals surface area contributed by atoms with Crippen molar-refractivity contribution in [2.75, 3.05) is 43.7 Å². The Balaban J connectivity index is 1.84. The Bertz CT molecular complexity index is 496. The highest BCUT2D eigenvalue weighted by atomic mass is 32.2. The second-order valence-corrected chi connectivity index (χ2v) is 6.11. The highest BCUT2D eigenvalue weighted by molar-refractivity contribution is 7.99. The van der Waals surface area contributed by atoms with Crippen molar-refractivity contribution in [3.8, 4) is 5.75 Å². The average molecular weight is 328 g/mol. The molecule has 2 N–H and O–H groups in total. The SMILES string of the molecule is COCCOc1ccc(NC(=O)CC2CSCCN2)cc1F. The van der Waals surface area contributed by atoms with Crippen LogP contribution in [-0.2, 0) is 9.53 Å². The summed E-state index contributed by atoms with van der Waals surface area (Å²) in [6.45, 7) is 1.60. The van der Waals surface area contributed by atoms with E-state index in [2.05, 4.69) is 10.6 Å². The Kier molecular flexibility index (Phi) is 6.95. The highest BCUT2D eigenvalue weighted by Gasteiger charge is 2.17. The molecule has 1 aromatic rings. The molecular formula is C15H21FN2O3S. The lowest BCUT2D eigenvalue weighted by molar-refractivity contribution is -0.116. The largest absolute Gasteiger partial charge is 0.488 e. The molecule has 7 heteroatoms. The van der Waals surface area contributed by atoms with E-state index < -0.39 is 5.82 Å². The van der Waals surface area contributed by atoms with Crippen LogP contribution in [0.15, 0.2) is 18.2 Å². The number of methoxy groups -OCH3 is 1. The van der Waals surface area contributed by atoms with E-state index in [1.54, 1.807) is 13.2 Å². The van der Waals surface area contributed by atoms with Gasteiger partial charge in [-0.15, -0.1) is 0 Å². The molecule has 1 saturated heterocycles. The van der Waals surface area contributed by atoms with E-state index in [0.29, 0.717) is 18.7 Å². The van der Waals surface area contributed by atoms with Crippen LogP contribution in [0, 0.1) is 5.82 Å². The molecule has 1 aliphatic heterocycles. The molecule has 0 bridgehead atoms. The second-order valence-electron chi connectivity index (χ2n) is 4.96. The predicted octanol–water partition coefficient (Wildman–Crippen LogP) is 1.88. The van der Waals surface area contributed by atoms with Gasteiger partial charge in [-0.2, -0.15) is 11.8 Å². The Morgan fingerprint density at radius 1 is 1.50 bits per heavy atom. The fourth-order valence-corrected chi connectivity index (χ4v) is 3.07. The van der Waals surface area contributed by atoms with Gasteiger partial charge in [0.15, 0.2) is 11.6 Å². The lowest BCUT2D eigenvalue weighted by atomic mass is 10.2. The molecule has 1 atom stereocenters. The molecule has 0 saturated carbocycles. The van der Waals surface area contributed by atoms with Crippen molar-refractivity contribution in [1.82, 2.24) is 5.32 Å². The van der Waals surface area contributed by atoms with Crippen LogP contribution in [-0.4, -0.2) is 50.3 Å². The molecular weight excluding hydrogens is 307 g/mol. The number of rotatable bonds is 7. The maximum atomic E-state index is 13.9. The summed E-state index contributed by atoms with van der Waals surface area (Å²) in [4.78, 5) is 12.0. The first-order chi connectivity index (χ1) is 10.7. The van der Waals surface area contributed by atoms with Gasteiger partial charge in [0.1, 0.15) is 6.61 Å². The van der Waals surface area contributed by atoms with Crippen molar-refractivity contribution in [2.24, 2.45) is 0 Å². The molecule has 2 rings (SSSR count). The number of carbonyl (C=O) groups excluding carboxylic acids is 1. The number of thioether (sulfide) groups is 1. The minimum absolute atomic E-state index is 0.118. The Labute approximate surface area is 133 Å². The zero-order chi connectivity index (χ0) is 15.8. The first-order valence-corrected chi connectivity index (χ1v) is 8.37. The number of nitrogens with one attached hydrogen (secondary N) is 2. The van der Waals surface area contributed by atoms with Crippen LogP contribution in [0.3, 0.4) is 0 Å². The molecule has 1 aromatic carbocycles. The van der Waals surface area contributed by atoms with E-state index in [0.717, 1.165) is 18.1 Å². The highest BCUT2D eigenvalue weighted by Crippen LogP contribution is 2.21. The Morgan fingerprint density at radius 2 is 2.36 bits per heavy atom. The van der Waals surface area contributed by atoms with Crippen molar-refractivity contribution >= 4 is 23.4 Å². The molecule has 1 unspecified atom stereocenters. The van der Waals surface area contributed by atoms with Gasteiger partial charge in [-0.3, -0.25) is 4.79 Å². The summed E-state index contributed by atoms with van der Waals surface area (Å²) in [5.41, 5.74) is 0.435. The van der Waals surface area contributed by atoms with E-state index in [-0.39, 0.29) is 24.3 Å². The van der Waals surface area contributed by atoms with Gasteiger partial charge in [-0.1, -0.05) is 0 Å². The zero-order valence-corrected chi connectivity index (χ0v) is 13.4. The first-order valence-electron chi connectivity index (χ1n) is 7.21. The van der Waals surface area contributed by atoms with E-state index in [4.69, 9.17) is 9.47 Å².